The van der Waals surface area contributed by atoms with Gasteiger partial charge >= 0.3 is 0 Å². The van der Waals surface area contributed by atoms with Crippen molar-refractivity contribution in [1.82, 2.24) is 0 Å². The Bertz CT molecular complexity index is 703. The predicted octanol–water partition coefficient (Wildman–Crippen LogP) is 9.65. The van der Waals surface area contributed by atoms with Crippen LogP contribution in [0.3, 0.4) is 0 Å². The SMILES string of the molecule is CCCCCc1ccc(C2CCC(C3C=CC(OCC4CCC(CCC)CC4)CC3)CC2)cc1. The van der Waals surface area contributed by atoms with E-state index < -0.39 is 0 Å². The van der Waals surface area contributed by atoms with Crippen LogP contribution in [0.1, 0.15) is 127 Å². The molecule has 0 amide bonds. The standard InChI is InChI=1S/C33H52O/c1-3-5-6-8-27-13-15-29(16-14-27)30-17-19-31(20-18-30)32-21-23-33(24-22-32)34-25-28-11-9-26(7-4-2)10-12-28/h13-16,21,23,26,28,30-33H,3-12,17-20,22,24-25H2,1-2H3. The van der Waals surface area contributed by atoms with Crippen LogP contribution >= 0.6 is 0 Å². The van der Waals surface area contributed by atoms with Gasteiger partial charge in [0.2, 0.25) is 0 Å². The summed E-state index contributed by atoms with van der Waals surface area (Å²) >= 11 is 0. The molecule has 0 saturated heterocycles. The highest BCUT2D eigenvalue weighted by atomic mass is 16.5. The lowest BCUT2D eigenvalue weighted by molar-refractivity contribution is 0.0290. The molecule has 2 atom stereocenters. The van der Waals surface area contributed by atoms with Crippen LogP contribution < -0.4 is 0 Å². The molecule has 0 aliphatic heterocycles. The number of hydrogen-bond donors (Lipinski definition) is 0. The van der Waals surface area contributed by atoms with Crippen LogP contribution in [0.4, 0.5) is 0 Å². The van der Waals surface area contributed by atoms with Gasteiger partial charge in [0, 0.05) is 0 Å². The molecule has 1 aromatic carbocycles. The van der Waals surface area contributed by atoms with Crippen LogP contribution in [-0.2, 0) is 11.2 Å². The number of unbranched alkanes of at least 4 members (excludes halogenated alkanes) is 2. The molecule has 1 nitrogen and oxygen atoms in total. The summed E-state index contributed by atoms with van der Waals surface area (Å²) in [5, 5.41) is 0. The molecule has 2 unspecified atom stereocenters. The fourth-order valence-electron chi connectivity index (χ4n) is 7.12. The highest BCUT2D eigenvalue weighted by molar-refractivity contribution is 5.26. The highest BCUT2D eigenvalue weighted by Gasteiger charge is 2.29. The van der Waals surface area contributed by atoms with Gasteiger partial charge < -0.3 is 4.74 Å². The van der Waals surface area contributed by atoms with E-state index in [-0.39, 0.29) is 0 Å². The molecule has 3 aliphatic carbocycles. The zero-order valence-electron chi connectivity index (χ0n) is 22.4. The number of rotatable bonds is 11. The van der Waals surface area contributed by atoms with Crippen LogP contribution in [0.5, 0.6) is 0 Å². The lowest BCUT2D eigenvalue weighted by atomic mass is 9.71. The van der Waals surface area contributed by atoms with Gasteiger partial charge in [0.25, 0.3) is 0 Å². The Labute approximate surface area is 211 Å². The molecule has 0 heterocycles. The maximum Gasteiger partial charge on any atom is 0.0756 e. The Morgan fingerprint density at radius 1 is 0.706 bits per heavy atom. The molecular formula is C33H52O. The zero-order valence-corrected chi connectivity index (χ0v) is 22.4. The molecule has 0 aromatic heterocycles. The van der Waals surface area contributed by atoms with Crippen molar-refractivity contribution in [2.45, 2.75) is 129 Å². The van der Waals surface area contributed by atoms with Crippen molar-refractivity contribution in [1.29, 1.82) is 0 Å². The first-order valence-electron chi connectivity index (χ1n) is 15.1. The van der Waals surface area contributed by atoms with Gasteiger partial charge in [-0.15, -0.1) is 0 Å². The van der Waals surface area contributed by atoms with Gasteiger partial charge in [-0.3, -0.25) is 0 Å². The van der Waals surface area contributed by atoms with Crippen LogP contribution in [-0.4, -0.2) is 12.7 Å². The molecule has 3 aliphatic rings. The number of benzene rings is 1. The summed E-state index contributed by atoms with van der Waals surface area (Å²) in [5.74, 6) is 4.31. The molecule has 0 bridgehead atoms. The Morgan fingerprint density at radius 2 is 1.44 bits per heavy atom. The number of aryl methyl sites for hydroxylation is 1. The van der Waals surface area contributed by atoms with Gasteiger partial charge in [-0.2, -0.15) is 0 Å². The maximum atomic E-state index is 6.38. The predicted molar refractivity (Wildman–Crippen MR) is 146 cm³/mol. The van der Waals surface area contributed by atoms with E-state index in [4.69, 9.17) is 4.74 Å². The van der Waals surface area contributed by atoms with Gasteiger partial charge in [-0.25, -0.2) is 0 Å². The first-order chi connectivity index (χ1) is 16.7. The van der Waals surface area contributed by atoms with E-state index in [1.54, 1.807) is 5.56 Å². The Kier molecular flexibility index (Phi) is 10.6. The molecule has 1 heteroatoms. The zero-order chi connectivity index (χ0) is 23.6. The van der Waals surface area contributed by atoms with Crippen molar-refractivity contribution in [3.63, 3.8) is 0 Å². The summed E-state index contributed by atoms with van der Waals surface area (Å²) in [5.41, 5.74) is 3.12. The van der Waals surface area contributed by atoms with E-state index >= 15 is 0 Å². The Hall–Kier alpha value is -1.08. The third kappa shape index (κ3) is 7.71. The van der Waals surface area contributed by atoms with Crippen LogP contribution in [0.2, 0.25) is 0 Å². The molecular weight excluding hydrogens is 412 g/mol. The van der Waals surface area contributed by atoms with Crippen LogP contribution in [0.25, 0.3) is 0 Å². The van der Waals surface area contributed by atoms with Gasteiger partial charge in [0.1, 0.15) is 0 Å². The smallest absolute Gasteiger partial charge is 0.0756 e. The van der Waals surface area contributed by atoms with Gasteiger partial charge in [0.05, 0.1) is 12.7 Å². The van der Waals surface area contributed by atoms with Gasteiger partial charge in [-0.1, -0.05) is 88.8 Å². The van der Waals surface area contributed by atoms with E-state index in [9.17, 15) is 0 Å². The van der Waals surface area contributed by atoms with E-state index in [0.29, 0.717) is 6.10 Å². The molecule has 2 fully saturated rings. The monoisotopic (exact) mass is 464 g/mol. The minimum atomic E-state index is 0.386. The Morgan fingerprint density at radius 3 is 2.09 bits per heavy atom. The lowest BCUT2D eigenvalue weighted by Crippen LogP contribution is -2.26. The lowest BCUT2D eigenvalue weighted by Gasteiger charge is -2.35. The third-order valence-electron chi connectivity index (χ3n) is 9.46. The first kappa shape index (κ1) is 26.0. The summed E-state index contributed by atoms with van der Waals surface area (Å²) < 4.78 is 6.38. The average molecular weight is 465 g/mol. The van der Waals surface area contributed by atoms with Crippen LogP contribution in [0, 0.1) is 23.7 Å². The van der Waals surface area contributed by atoms with E-state index in [1.165, 1.54) is 108 Å². The summed E-state index contributed by atoms with van der Waals surface area (Å²) in [4.78, 5) is 0. The normalized spacial score (nSPS) is 32.1. The number of hydrogen-bond acceptors (Lipinski definition) is 1. The summed E-state index contributed by atoms with van der Waals surface area (Å²) in [6.45, 7) is 5.62. The third-order valence-corrected chi connectivity index (χ3v) is 9.46. The molecule has 2 saturated carbocycles. The maximum absolute atomic E-state index is 6.38. The fraction of sp³-hybridized carbons (Fsp3) is 0.758. The minimum absolute atomic E-state index is 0.386. The quantitative estimate of drug-likeness (QED) is 0.234. The van der Waals surface area contributed by atoms with E-state index in [0.717, 1.165) is 36.2 Å². The molecule has 0 spiro atoms. The van der Waals surface area contributed by atoms with Crippen molar-refractivity contribution in [3.8, 4) is 0 Å². The molecule has 1 aromatic rings. The van der Waals surface area contributed by atoms with Gasteiger partial charge in [-0.05, 0) is 105 Å². The molecule has 34 heavy (non-hydrogen) atoms. The second-order valence-corrected chi connectivity index (χ2v) is 12.0. The Balaban J connectivity index is 1.14. The molecule has 4 rings (SSSR count). The van der Waals surface area contributed by atoms with Crippen molar-refractivity contribution in [2.75, 3.05) is 6.61 Å². The molecule has 190 valence electrons. The van der Waals surface area contributed by atoms with Crippen molar-refractivity contribution < 1.29 is 4.74 Å². The van der Waals surface area contributed by atoms with Crippen molar-refractivity contribution >= 4 is 0 Å². The van der Waals surface area contributed by atoms with Crippen LogP contribution in [0.15, 0.2) is 36.4 Å². The summed E-state index contributed by atoms with van der Waals surface area (Å²) in [6, 6.07) is 9.67. The van der Waals surface area contributed by atoms with Crippen molar-refractivity contribution in [3.05, 3.63) is 47.5 Å². The fourth-order valence-corrected chi connectivity index (χ4v) is 7.12. The average Bonchev–Trinajstić information content (AvgIpc) is 2.89. The van der Waals surface area contributed by atoms with Gasteiger partial charge in [0.15, 0.2) is 0 Å². The van der Waals surface area contributed by atoms with E-state index in [2.05, 4.69) is 50.3 Å². The van der Waals surface area contributed by atoms with Crippen molar-refractivity contribution in [2.24, 2.45) is 23.7 Å². The number of allylic oxidation sites excluding steroid dienone is 1. The molecule has 0 radical (unpaired) electrons. The number of ether oxygens (including phenoxy) is 1. The second-order valence-electron chi connectivity index (χ2n) is 12.0. The highest BCUT2D eigenvalue weighted by Crippen LogP contribution is 2.42. The first-order valence-corrected chi connectivity index (χ1v) is 15.1. The summed E-state index contributed by atoms with van der Waals surface area (Å²) in [6.07, 6.45) is 27.2. The second kappa shape index (κ2) is 13.9. The topological polar surface area (TPSA) is 9.23 Å². The van der Waals surface area contributed by atoms with E-state index in [1.807, 2.05) is 0 Å². The largest absolute Gasteiger partial charge is 0.374 e. The minimum Gasteiger partial charge on any atom is -0.374 e. The molecule has 0 N–H and O–H groups in total. The summed E-state index contributed by atoms with van der Waals surface area (Å²) in [7, 11) is 0.